The Morgan fingerprint density at radius 3 is 2.68 bits per heavy atom. The smallest absolute Gasteiger partial charge is 0.263 e. The van der Waals surface area contributed by atoms with Gasteiger partial charge in [-0.2, -0.15) is 0 Å². The second kappa shape index (κ2) is 5.14. The molecular formula is C16H20N5O+. The lowest BCUT2D eigenvalue weighted by Gasteiger charge is -2.32. The minimum Gasteiger partial charge on any atom is -0.434 e. The van der Waals surface area contributed by atoms with Crippen LogP contribution >= 0.6 is 0 Å². The SMILES string of the molecule is CN1c2ccccc2Oc2nnc(N3CC[NH+](C)CC3)cc21. The third-order valence-corrected chi connectivity index (χ3v) is 4.46. The summed E-state index contributed by atoms with van der Waals surface area (Å²) in [6.07, 6.45) is 0. The molecule has 0 atom stereocenters. The van der Waals surface area contributed by atoms with Crippen molar-refractivity contribution in [2.45, 2.75) is 0 Å². The Kier molecular flexibility index (Phi) is 3.11. The summed E-state index contributed by atoms with van der Waals surface area (Å²) in [6, 6.07) is 10.1. The van der Waals surface area contributed by atoms with Gasteiger partial charge in [-0.3, -0.25) is 0 Å². The highest BCUT2D eigenvalue weighted by Crippen LogP contribution is 2.44. The number of piperazine rings is 1. The predicted molar refractivity (Wildman–Crippen MR) is 85.4 cm³/mol. The molecule has 1 N–H and O–H groups in total. The second-order valence-corrected chi connectivity index (χ2v) is 5.97. The number of nitrogens with one attached hydrogen (secondary N) is 1. The van der Waals surface area contributed by atoms with Crippen molar-refractivity contribution in [2.75, 3.05) is 50.1 Å². The van der Waals surface area contributed by atoms with Crippen LogP contribution in [0.4, 0.5) is 17.2 Å². The molecule has 6 heteroatoms. The molecule has 0 aliphatic carbocycles. The lowest BCUT2D eigenvalue weighted by Crippen LogP contribution is -3.12. The van der Waals surface area contributed by atoms with Crippen molar-refractivity contribution in [3.63, 3.8) is 0 Å². The number of quaternary nitrogens is 1. The molecule has 0 saturated carbocycles. The topological polar surface area (TPSA) is 45.9 Å². The number of likely N-dealkylation sites (N-methyl/N-ethyl adjacent to an activating group) is 1. The van der Waals surface area contributed by atoms with E-state index in [1.807, 2.05) is 25.2 Å². The molecule has 1 aromatic heterocycles. The van der Waals surface area contributed by atoms with Crippen LogP contribution in [0.1, 0.15) is 0 Å². The highest BCUT2D eigenvalue weighted by Gasteiger charge is 2.25. The monoisotopic (exact) mass is 298 g/mol. The number of ether oxygens (including phenoxy) is 1. The molecule has 0 bridgehead atoms. The van der Waals surface area contributed by atoms with E-state index in [4.69, 9.17) is 4.74 Å². The molecule has 22 heavy (non-hydrogen) atoms. The first-order valence-corrected chi connectivity index (χ1v) is 7.67. The van der Waals surface area contributed by atoms with Gasteiger partial charge >= 0.3 is 0 Å². The van der Waals surface area contributed by atoms with E-state index in [9.17, 15) is 0 Å². The zero-order valence-electron chi connectivity index (χ0n) is 12.9. The molecule has 6 nitrogen and oxygen atoms in total. The molecule has 4 rings (SSSR count). The van der Waals surface area contributed by atoms with Crippen molar-refractivity contribution in [3.8, 4) is 11.6 Å². The Labute approximate surface area is 129 Å². The van der Waals surface area contributed by atoms with Crippen LogP contribution in [0, 0.1) is 0 Å². The van der Waals surface area contributed by atoms with Gasteiger partial charge in [0, 0.05) is 13.1 Å². The maximum Gasteiger partial charge on any atom is 0.263 e. The van der Waals surface area contributed by atoms with Crippen molar-refractivity contribution in [2.24, 2.45) is 0 Å². The molecular weight excluding hydrogens is 278 g/mol. The van der Waals surface area contributed by atoms with E-state index in [1.54, 1.807) is 4.90 Å². The minimum atomic E-state index is 0.574. The fourth-order valence-corrected chi connectivity index (χ4v) is 3.00. The van der Waals surface area contributed by atoms with Gasteiger partial charge in [-0.25, -0.2) is 0 Å². The number of hydrogen-bond donors (Lipinski definition) is 1. The van der Waals surface area contributed by atoms with Gasteiger partial charge in [-0.1, -0.05) is 12.1 Å². The predicted octanol–water partition coefficient (Wildman–Crippen LogP) is 0.685. The quantitative estimate of drug-likeness (QED) is 0.839. The average Bonchev–Trinajstić information content (AvgIpc) is 2.56. The second-order valence-electron chi connectivity index (χ2n) is 5.97. The van der Waals surface area contributed by atoms with Gasteiger partial charge in [-0.05, 0) is 12.1 Å². The van der Waals surface area contributed by atoms with Crippen LogP contribution in [0.5, 0.6) is 11.6 Å². The first kappa shape index (κ1) is 13.3. The van der Waals surface area contributed by atoms with Crippen molar-refractivity contribution in [1.82, 2.24) is 10.2 Å². The van der Waals surface area contributed by atoms with Gasteiger partial charge in [0.1, 0.15) is 5.69 Å². The fourth-order valence-electron chi connectivity index (χ4n) is 3.00. The number of para-hydroxylation sites is 2. The Morgan fingerprint density at radius 1 is 1.09 bits per heavy atom. The number of hydrogen-bond acceptors (Lipinski definition) is 5. The van der Waals surface area contributed by atoms with Gasteiger partial charge < -0.3 is 19.4 Å². The van der Waals surface area contributed by atoms with Crippen LogP contribution in [0.25, 0.3) is 0 Å². The van der Waals surface area contributed by atoms with Crippen molar-refractivity contribution in [3.05, 3.63) is 30.3 Å². The van der Waals surface area contributed by atoms with Gasteiger partial charge in [0.15, 0.2) is 11.6 Å². The van der Waals surface area contributed by atoms with Gasteiger partial charge in [-0.15, -0.1) is 10.2 Å². The highest BCUT2D eigenvalue weighted by atomic mass is 16.5. The molecule has 2 aromatic rings. The summed E-state index contributed by atoms with van der Waals surface area (Å²) < 4.78 is 5.87. The summed E-state index contributed by atoms with van der Waals surface area (Å²) in [5.41, 5.74) is 2.02. The zero-order valence-corrected chi connectivity index (χ0v) is 12.9. The summed E-state index contributed by atoms with van der Waals surface area (Å²) >= 11 is 0. The molecule has 2 aliphatic heterocycles. The maximum absolute atomic E-state index is 5.87. The van der Waals surface area contributed by atoms with Crippen LogP contribution in [0.15, 0.2) is 30.3 Å². The van der Waals surface area contributed by atoms with E-state index >= 15 is 0 Å². The van der Waals surface area contributed by atoms with Crippen LogP contribution in [-0.4, -0.2) is 50.5 Å². The van der Waals surface area contributed by atoms with Crippen molar-refractivity contribution in [1.29, 1.82) is 0 Å². The van der Waals surface area contributed by atoms with Crippen LogP contribution in [0.3, 0.4) is 0 Å². The van der Waals surface area contributed by atoms with E-state index in [1.165, 1.54) is 0 Å². The van der Waals surface area contributed by atoms with E-state index < -0.39 is 0 Å². The number of benzene rings is 1. The Morgan fingerprint density at radius 2 is 1.86 bits per heavy atom. The molecule has 0 unspecified atom stereocenters. The van der Waals surface area contributed by atoms with Gasteiger partial charge in [0.2, 0.25) is 0 Å². The standard InChI is InChI=1S/C16H19N5O/c1-19-7-9-21(10-8-19)15-11-13-16(18-17-15)22-14-6-4-3-5-12(14)20(13)2/h3-6,11H,7-10H2,1-2H3/p+1. The molecule has 0 radical (unpaired) electrons. The third kappa shape index (κ3) is 2.16. The molecule has 0 spiro atoms. The lowest BCUT2D eigenvalue weighted by molar-refractivity contribution is -0.880. The number of fused-ring (bicyclic) bond motifs is 2. The molecule has 3 heterocycles. The molecule has 114 valence electrons. The molecule has 1 fully saturated rings. The summed E-state index contributed by atoms with van der Waals surface area (Å²) in [5.74, 6) is 2.33. The van der Waals surface area contributed by atoms with Gasteiger partial charge in [0.05, 0.1) is 38.9 Å². The molecule has 1 aromatic carbocycles. The van der Waals surface area contributed by atoms with Crippen LogP contribution in [0.2, 0.25) is 0 Å². The first-order valence-electron chi connectivity index (χ1n) is 7.67. The Balaban J connectivity index is 1.67. The Bertz CT molecular complexity index is 697. The molecule has 0 amide bonds. The lowest BCUT2D eigenvalue weighted by atomic mass is 10.2. The molecule has 2 aliphatic rings. The van der Waals surface area contributed by atoms with E-state index in [0.717, 1.165) is 49.1 Å². The van der Waals surface area contributed by atoms with Crippen LogP contribution in [-0.2, 0) is 0 Å². The number of aromatic nitrogens is 2. The average molecular weight is 298 g/mol. The molecule has 1 saturated heterocycles. The largest absolute Gasteiger partial charge is 0.434 e. The Hall–Kier alpha value is -2.34. The van der Waals surface area contributed by atoms with Gasteiger partial charge in [0.25, 0.3) is 5.88 Å². The summed E-state index contributed by atoms with van der Waals surface area (Å²) in [6.45, 7) is 4.29. The van der Waals surface area contributed by atoms with Crippen LogP contribution < -0.4 is 19.4 Å². The maximum atomic E-state index is 5.87. The van der Waals surface area contributed by atoms with E-state index in [0.29, 0.717) is 5.88 Å². The summed E-state index contributed by atoms with van der Waals surface area (Å²) in [4.78, 5) is 5.99. The number of rotatable bonds is 1. The minimum absolute atomic E-state index is 0.574. The highest BCUT2D eigenvalue weighted by molar-refractivity contribution is 5.77. The van der Waals surface area contributed by atoms with Crippen molar-refractivity contribution < 1.29 is 9.64 Å². The number of anilines is 3. The first-order chi connectivity index (χ1) is 10.7. The number of nitrogens with zero attached hydrogens (tertiary/aromatic N) is 4. The van der Waals surface area contributed by atoms with Crippen molar-refractivity contribution >= 4 is 17.2 Å². The van der Waals surface area contributed by atoms with E-state index in [2.05, 4.69) is 39.2 Å². The summed E-state index contributed by atoms with van der Waals surface area (Å²) in [7, 11) is 4.27. The summed E-state index contributed by atoms with van der Waals surface area (Å²) in [5, 5.41) is 8.66. The third-order valence-electron chi connectivity index (χ3n) is 4.46. The normalized spacial score (nSPS) is 17.7. The van der Waals surface area contributed by atoms with E-state index in [-0.39, 0.29) is 0 Å². The zero-order chi connectivity index (χ0) is 15.1. The fraction of sp³-hybridized carbons (Fsp3) is 0.375.